The second kappa shape index (κ2) is 7.06. The maximum atomic E-state index is 13.6. The molecule has 0 aliphatic carbocycles. The highest BCUT2D eigenvalue weighted by molar-refractivity contribution is 9.10. The molecule has 8 heteroatoms. The number of nitrogens with one attached hydrogen (secondary N) is 1. The van der Waals surface area contributed by atoms with Crippen LogP contribution in [0, 0.1) is 5.82 Å². The summed E-state index contributed by atoms with van der Waals surface area (Å²) >= 11 is 5.43. The van der Waals surface area contributed by atoms with E-state index in [2.05, 4.69) is 21.2 Å². The summed E-state index contributed by atoms with van der Waals surface area (Å²) in [6.45, 7) is 0. The minimum Gasteiger partial charge on any atom is -0.477 e. The zero-order chi connectivity index (χ0) is 15.4. The van der Waals surface area contributed by atoms with Gasteiger partial charge in [-0.2, -0.15) is 0 Å². The first-order valence-corrected chi connectivity index (χ1v) is 8.31. The average Bonchev–Trinajstić information content (AvgIpc) is 2.89. The molecule has 1 aromatic heterocycles. The largest absolute Gasteiger partial charge is 0.477 e. The molecule has 1 amide bonds. The van der Waals surface area contributed by atoms with Gasteiger partial charge in [0.2, 0.25) is 5.91 Å². The molecule has 2 N–H and O–H groups in total. The fraction of sp³-hybridized carbons (Fsp3) is 0.0769. The zero-order valence-electron chi connectivity index (χ0n) is 10.4. The summed E-state index contributed by atoms with van der Waals surface area (Å²) in [6, 6.07) is 5.87. The van der Waals surface area contributed by atoms with E-state index >= 15 is 0 Å². The molecule has 0 unspecified atom stereocenters. The summed E-state index contributed by atoms with van der Waals surface area (Å²) in [6.07, 6.45) is 0. The second-order valence-electron chi connectivity index (χ2n) is 3.91. The minimum atomic E-state index is -0.992. The first-order chi connectivity index (χ1) is 9.95. The van der Waals surface area contributed by atoms with Crippen molar-refractivity contribution >= 4 is 56.6 Å². The van der Waals surface area contributed by atoms with Crippen molar-refractivity contribution in [3.63, 3.8) is 0 Å². The number of anilines is 1. The van der Waals surface area contributed by atoms with Gasteiger partial charge in [-0.15, -0.1) is 23.1 Å². The van der Waals surface area contributed by atoms with Crippen LogP contribution in [0.2, 0.25) is 0 Å². The number of hydrogen-bond acceptors (Lipinski definition) is 4. The van der Waals surface area contributed by atoms with Gasteiger partial charge in [0.1, 0.15) is 10.7 Å². The van der Waals surface area contributed by atoms with Gasteiger partial charge in [-0.1, -0.05) is 15.9 Å². The van der Waals surface area contributed by atoms with Crippen LogP contribution >= 0.6 is 39.0 Å². The van der Waals surface area contributed by atoms with Crippen molar-refractivity contribution in [2.45, 2.75) is 4.90 Å². The number of carboxylic acids is 1. The van der Waals surface area contributed by atoms with Crippen LogP contribution in [0.4, 0.5) is 10.1 Å². The zero-order valence-corrected chi connectivity index (χ0v) is 13.6. The Hall–Kier alpha value is -1.38. The predicted molar refractivity (Wildman–Crippen MR) is 84.7 cm³/mol. The molecule has 4 nitrogen and oxygen atoms in total. The fourth-order valence-electron chi connectivity index (χ4n) is 1.43. The van der Waals surface area contributed by atoms with Gasteiger partial charge in [0.15, 0.2) is 0 Å². The van der Waals surface area contributed by atoms with Crippen molar-refractivity contribution in [3.05, 3.63) is 44.8 Å². The lowest BCUT2D eigenvalue weighted by molar-refractivity contribution is -0.113. The molecule has 21 heavy (non-hydrogen) atoms. The second-order valence-corrected chi connectivity index (χ2v) is 6.79. The molecule has 0 fully saturated rings. The first-order valence-electron chi connectivity index (χ1n) is 5.65. The lowest BCUT2D eigenvalue weighted by Gasteiger charge is -2.06. The third-order valence-electron chi connectivity index (χ3n) is 2.36. The van der Waals surface area contributed by atoms with Crippen LogP contribution in [-0.2, 0) is 4.79 Å². The van der Waals surface area contributed by atoms with Crippen molar-refractivity contribution in [1.82, 2.24) is 0 Å². The highest BCUT2D eigenvalue weighted by atomic mass is 79.9. The molecule has 0 saturated carbocycles. The number of thiophene rings is 1. The highest BCUT2D eigenvalue weighted by Crippen LogP contribution is 2.25. The van der Waals surface area contributed by atoms with Gasteiger partial charge in [-0.25, -0.2) is 9.18 Å². The Kier molecular flexibility index (Phi) is 5.38. The Morgan fingerprint density at radius 2 is 2.14 bits per heavy atom. The molecule has 1 heterocycles. The Labute approximate surface area is 136 Å². The molecule has 0 aliphatic heterocycles. The first kappa shape index (κ1) is 16.0. The van der Waals surface area contributed by atoms with Gasteiger partial charge in [0.25, 0.3) is 0 Å². The van der Waals surface area contributed by atoms with E-state index in [1.54, 1.807) is 11.4 Å². The van der Waals surface area contributed by atoms with E-state index in [-0.39, 0.29) is 22.2 Å². The van der Waals surface area contributed by atoms with E-state index in [1.807, 2.05) is 0 Å². The SMILES string of the molecule is O=C(CSc1csc(C(=O)O)c1)Nc1ccc(Br)cc1F. The van der Waals surface area contributed by atoms with Gasteiger partial charge in [-0.3, -0.25) is 4.79 Å². The van der Waals surface area contributed by atoms with E-state index in [0.717, 1.165) is 11.3 Å². The summed E-state index contributed by atoms with van der Waals surface area (Å²) in [5.74, 6) is -1.80. The number of hydrogen-bond donors (Lipinski definition) is 2. The third-order valence-corrected chi connectivity index (χ3v) is 4.90. The summed E-state index contributed by atoms with van der Waals surface area (Å²) < 4.78 is 14.1. The number of rotatable bonds is 5. The number of amides is 1. The van der Waals surface area contributed by atoms with Crippen LogP contribution in [0.1, 0.15) is 9.67 Å². The van der Waals surface area contributed by atoms with Crippen molar-refractivity contribution in [3.8, 4) is 0 Å². The Balaban J connectivity index is 1.91. The molecule has 2 rings (SSSR count). The lowest BCUT2D eigenvalue weighted by atomic mass is 10.3. The van der Waals surface area contributed by atoms with E-state index in [4.69, 9.17) is 5.11 Å². The molecule has 0 saturated heterocycles. The molecule has 0 bridgehead atoms. The molecule has 1 aromatic carbocycles. The molecule has 0 spiro atoms. The third kappa shape index (κ3) is 4.55. The number of carbonyl (C=O) groups is 2. The standard InChI is InChI=1S/C13H9BrFNO3S2/c14-7-1-2-10(9(15)3-7)16-12(17)6-20-8-4-11(13(18)19)21-5-8/h1-5H,6H2,(H,16,17)(H,18,19). The molecular formula is C13H9BrFNO3S2. The van der Waals surface area contributed by atoms with Crippen LogP contribution in [0.3, 0.4) is 0 Å². The van der Waals surface area contributed by atoms with Crippen LogP contribution in [0.15, 0.2) is 39.0 Å². The smallest absolute Gasteiger partial charge is 0.345 e. The van der Waals surface area contributed by atoms with E-state index in [9.17, 15) is 14.0 Å². The van der Waals surface area contributed by atoms with Crippen LogP contribution < -0.4 is 5.32 Å². The molecular weight excluding hydrogens is 381 g/mol. The summed E-state index contributed by atoms with van der Waals surface area (Å²) in [5.41, 5.74) is 0.111. The van der Waals surface area contributed by atoms with E-state index in [1.165, 1.54) is 30.0 Å². The topological polar surface area (TPSA) is 66.4 Å². The van der Waals surface area contributed by atoms with E-state index < -0.39 is 11.8 Å². The van der Waals surface area contributed by atoms with Crippen LogP contribution in [-0.4, -0.2) is 22.7 Å². The molecule has 2 aromatic rings. The van der Waals surface area contributed by atoms with Crippen molar-refractivity contribution < 1.29 is 19.1 Å². The monoisotopic (exact) mass is 389 g/mol. The average molecular weight is 390 g/mol. The maximum absolute atomic E-state index is 13.6. The molecule has 0 atom stereocenters. The van der Waals surface area contributed by atoms with Crippen LogP contribution in [0.5, 0.6) is 0 Å². The normalized spacial score (nSPS) is 10.4. The number of carbonyl (C=O) groups excluding carboxylic acids is 1. The Morgan fingerprint density at radius 1 is 1.38 bits per heavy atom. The van der Waals surface area contributed by atoms with Crippen molar-refractivity contribution in [2.24, 2.45) is 0 Å². The summed E-state index contributed by atoms with van der Waals surface area (Å²) in [5, 5.41) is 12.9. The number of benzene rings is 1. The fourth-order valence-corrected chi connectivity index (χ4v) is 3.44. The summed E-state index contributed by atoms with van der Waals surface area (Å²) in [4.78, 5) is 23.4. The van der Waals surface area contributed by atoms with Gasteiger partial charge >= 0.3 is 5.97 Å². The van der Waals surface area contributed by atoms with E-state index in [0.29, 0.717) is 9.37 Å². The molecule has 110 valence electrons. The lowest BCUT2D eigenvalue weighted by Crippen LogP contribution is -2.14. The van der Waals surface area contributed by atoms with Gasteiger partial charge in [0, 0.05) is 14.7 Å². The molecule has 0 aliphatic rings. The van der Waals surface area contributed by atoms with Crippen LogP contribution in [0.25, 0.3) is 0 Å². The number of halogens is 2. The quantitative estimate of drug-likeness (QED) is 0.756. The number of carboxylic acid groups (broad SMARTS) is 1. The Morgan fingerprint density at radius 3 is 2.76 bits per heavy atom. The number of aromatic carboxylic acids is 1. The minimum absolute atomic E-state index is 0.0747. The van der Waals surface area contributed by atoms with Gasteiger partial charge < -0.3 is 10.4 Å². The maximum Gasteiger partial charge on any atom is 0.345 e. The highest BCUT2D eigenvalue weighted by Gasteiger charge is 2.10. The van der Waals surface area contributed by atoms with Crippen molar-refractivity contribution in [2.75, 3.05) is 11.1 Å². The van der Waals surface area contributed by atoms with Crippen molar-refractivity contribution in [1.29, 1.82) is 0 Å². The van der Waals surface area contributed by atoms with Gasteiger partial charge in [0.05, 0.1) is 11.4 Å². The van der Waals surface area contributed by atoms with Gasteiger partial charge in [-0.05, 0) is 24.3 Å². The summed E-state index contributed by atoms with van der Waals surface area (Å²) in [7, 11) is 0. The predicted octanol–water partition coefficient (Wildman–Crippen LogP) is 4.08. The number of thioether (sulfide) groups is 1. The molecule has 0 radical (unpaired) electrons. The Bertz CT molecular complexity index is 690.